The number of methoxy groups -OCH3 is 1. The van der Waals surface area contributed by atoms with Crippen LogP contribution in [0, 0.1) is 5.92 Å². The van der Waals surface area contributed by atoms with Crippen LogP contribution in [0.15, 0.2) is 54.6 Å². The van der Waals surface area contributed by atoms with Gasteiger partial charge in [-0.05, 0) is 49.2 Å². The minimum absolute atomic E-state index is 0.0662. The van der Waals surface area contributed by atoms with Crippen molar-refractivity contribution in [3.8, 4) is 5.75 Å². The molecule has 0 bridgehead atoms. The molecule has 1 aliphatic carbocycles. The van der Waals surface area contributed by atoms with Crippen molar-refractivity contribution in [3.05, 3.63) is 60.2 Å². The average Bonchev–Trinajstić information content (AvgIpc) is 3.47. The Balaban J connectivity index is 1.57. The molecule has 2 aromatic carbocycles. The Morgan fingerprint density at radius 2 is 1.64 bits per heavy atom. The number of benzene rings is 2. The molecule has 128 valence electrons. The molecule has 1 fully saturated rings. The third-order valence-electron chi connectivity index (χ3n) is 3.92. The molecule has 25 heavy (non-hydrogen) atoms. The van der Waals surface area contributed by atoms with Crippen LogP contribution in [-0.4, -0.2) is 18.9 Å². The first-order valence-corrected chi connectivity index (χ1v) is 8.19. The Morgan fingerprint density at radius 3 is 2.28 bits per heavy atom. The first-order chi connectivity index (χ1) is 12.2. The summed E-state index contributed by atoms with van der Waals surface area (Å²) in [6, 6.07) is 14.6. The van der Waals surface area contributed by atoms with E-state index >= 15 is 0 Å². The number of carbonyl (C=O) groups is 2. The zero-order chi connectivity index (χ0) is 17.6. The normalized spacial score (nSPS) is 13.5. The predicted molar refractivity (Wildman–Crippen MR) is 98.5 cm³/mol. The number of hydrogen-bond donors (Lipinski definition) is 2. The Labute approximate surface area is 146 Å². The number of anilines is 2. The highest BCUT2D eigenvalue weighted by Gasteiger charge is 2.29. The van der Waals surface area contributed by atoms with Crippen molar-refractivity contribution in [3.63, 3.8) is 0 Å². The van der Waals surface area contributed by atoms with E-state index in [9.17, 15) is 9.59 Å². The molecule has 2 aromatic rings. The summed E-state index contributed by atoms with van der Waals surface area (Å²) in [4.78, 5) is 23.7. The molecule has 1 saturated carbocycles. The van der Waals surface area contributed by atoms with Gasteiger partial charge in [0.25, 0.3) is 0 Å². The lowest BCUT2D eigenvalue weighted by atomic mass is 10.2. The third-order valence-corrected chi connectivity index (χ3v) is 3.92. The van der Waals surface area contributed by atoms with Gasteiger partial charge in [0.15, 0.2) is 0 Å². The maximum absolute atomic E-state index is 12.0. The van der Waals surface area contributed by atoms with E-state index in [0.29, 0.717) is 11.4 Å². The van der Waals surface area contributed by atoms with Gasteiger partial charge in [-0.2, -0.15) is 0 Å². The minimum atomic E-state index is -0.235. The van der Waals surface area contributed by atoms with Gasteiger partial charge in [0, 0.05) is 28.9 Å². The van der Waals surface area contributed by atoms with Crippen molar-refractivity contribution in [1.29, 1.82) is 0 Å². The van der Waals surface area contributed by atoms with Crippen LogP contribution in [0.25, 0.3) is 6.08 Å². The first kappa shape index (κ1) is 16.8. The second-order valence-electron chi connectivity index (χ2n) is 5.91. The average molecular weight is 336 g/mol. The fourth-order valence-corrected chi connectivity index (χ4v) is 2.38. The molecule has 0 radical (unpaired) electrons. The molecule has 1 aliphatic rings. The van der Waals surface area contributed by atoms with Gasteiger partial charge >= 0.3 is 0 Å². The van der Waals surface area contributed by atoms with Crippen LogP contribution in [0.3, 0.4) is 0 Å². The van der Waals surface area contributed by atoms with Crippen LogP contribution in [-0.2, 0) is 9.59 Å². The molecule has 5 heteroatoms. The lowest BCUT2D eigenvalue weighted by molar-refractivity contribution is -0.117. The number of ether oxygens (including phenoxy) is 1. The first-order valence-electron chi connectivity index (χ1n) is 8.19. The highest BCUT2D eigenvalue weighted by atomic mass is 16.5. The summed E-state index contributed by atoms with van der Waals surface area (Å²) >= 11 is 0. The van der Waals surface area contributed by atoms with Crippen LogP contribution in [0.5, 0.6) is 5.75 Å². The summed E-state index contributed by atoms with van der Waals surface area (Å²) in [6.45, 7) is 0. The molecule has 2 amide bonds. The predicted octanol–water partition coefficient (Wildman–Crippen LogP) is 3.70. The van der Waals surface area contributed by atoms with Crippen molar-refractivity contribution in [2.75, 3.05) is 17.7 Å². The SMILES string of the molecule is COc1ccccc1/C=C/C(=O)Nc1ccc(NC(=O)C2CC2)cc1. The zero-order valence-corrected chi connectivity index (χ0v) is 14.0. The smallest absolute Gasteiger partial charge is 0.248 e. The standard InChI is InChI=1S/C20H20N2O3/c1-25-18-5-3-2-4-14(18)8-13-19(23)21-16-9-11-17(12-10-16)22-20(24)15-6-7-15/h2-5,8-13,15H,6-7H2,1H3,(H,21,23)(H,22,24)/b13-8+. The van der Waals surface area contributed by atoms with E-state index in [1.165, 1.54) is 6.08 Å². The summed E-state index contributed by atoms with van der Waals surface area (Å²) in [6.07, 6.45) is 5.11. The van der Waals surface area contributed by atoms with Gasteiger partial charge in [0.1, 0.15) is 5.75 Å². The quantitative estimate of drug-likeness (QED) is 0.791. The van der Waals surface area contributed by atoms with Crippen LogP contribution in [0.1, 0.15) is 18.4 Å². The van der Waals surface area contributed by atoms with E-state index in [0.717, 1.165) is 24.1 Å². The molecule has 2 N–H and O–H groups in total. The van der Waals surface area contributed by atoms with Gasteiger partial charge in [-0.25, -0.2) is 0 Å². The van der Waals surface area contributed by atoms with Crippen LogP contribution in [0.4, 0.5) is 11.4 Å². The Kier molecular flexibility index (Phi) is 5.14. The van der Waals surface area contributed by atoms with Crippen LogP contribution < -0.4 is 15.4 Å². The minimum Gasteiger partial charge on any atom is -0.496 e. The fourth-order valence-electron chi connectivity index (χ4n) is 2.38. The van der Waals surface area contributed by atoms with Crippen molar-refractivity contribution in [1.82, 2.24) is 0 Å². The van der Waals surface area contributed by atoms with Crippen LogP contribution in [0.2, 0.25) is 0 Å². The molecular formula is C20H20N2O3. The van der Waals surface area contributed by atoms with Gasteiger partial charge in [-0.3, -0.25) is 9.59 Å². The molecule has 0 saturated heterocycles. The van der Waals surface area contributed by atoms with E-state index in [2.05, 4.69) is 10.6 Å². The van der Waals surface area contributed by atoms with Crippen molar-refractivity contribution >= 4 is 29.3 Å². The zero-order valence-electron chi connectivity index (χ0n) is 14.0. The van der Waals surface area contributed by atoms with E-state index in [1.54, 1.807) is 37.5 Å². The number of rotatable bonds is 6. The largest absolute Gasteiger partial charge is 0.496 e. The Bertz CT molecular complexity index is 793. The van der Waals surface area contributed by atoms with Crippen LogP contribution >= 0.6 is 0 Å². The summed E-state index contributed by atoms with van der Waals surface area (Å²) < 4.78 is 5.24. The summed E-state index contributed by atoms with van der Waals surface area (Å²) in [5, 5.41) is 5.65. The molecule has 0 unspecified atom stereocenters. The molecule has 3 rings (SSSR count). The van der Waals surface area contributed by atoms with Gasteiger partial charge in [-0.15, -0.1) is 0 Å². The lowest BCUT2D eigenvalue weighted by Gasteiger charge is -2.06. The van der Waals surface area contributed by atoms with Gasteiger partial charge in [0.2, 0.25) is 11.8 Å². The van der Waals surface area contributed by atoms with Gasteiger partial charge < -0.3 is 15.4 Å². The summed E-state index contributed by atoms with van der Waals surface area (Å²) in [5.41, 5.74) is 2.23. The number of para-hydroxylation sites is 1. The number of carbonyl (C=O) groups excluding carboxylic acids is 2. The Hall–Kier alpha value is -3.08. The monoisotopic (exact) mass is 336 g/mol. The molecule has 0 aliphatic heterocycles. The third kappa shape index (κ3) is 4.70. The van der Waals surface area contributed by atoms with Crippen molar-refractivity contribution < 1.29 is 14.3 Å². The topological polar surface area (TPSA) is 67.4 Å². The van der Waals surface area contributed by atoms with Gasteiger partial charge in [-0.1, -0.05) is 18.2 Å². The maximum Gasteiger partial charge on any atom is 0.248 e. The van der Waals surface area contributed by atoms with Crippen molar-refractivity contribution in [2.24, 2.45) is 5.92 Å². The summed E-state index contributed by atoms with van der Waals surface area (Å²) in [5.74, 6) is 0.707. The Morgan fingerprint density at radius 1 is 1.00 bits per heavy atom. The molecule has 0 spiro atoms. The number of hydrogen-bond acceptors (Lipinski definition) is 3. The molecule has 0 heterocycles. The highest BCUT2D eigenvalue weighted by molar-refractivity contribution is 6.02. The van der Waals surface area contributed by atoms with E-state index in [4.69, 9.17) is 4.74 Å². The summed E-state index contributed by atoms with van der Waals surface area (Å²) in [7, 11) is 1.59. The molecule has 0 aromatic heterocycles. The maximum atomic E-state index is 12.0. The number of nitrogens with one attached hydrogen (secondary N) is 2. The second kappa shape index (κ2) is 7.66. The van der Waals surface area contributed by atoms with E-state index in [-0.39, 0.29) is 17.7 Å². The second-order valence-corrected chi connectivity index (χ2v) is 5.91. The number of amides is 2. The molecule has 5 nitrogen and oxygen atoms in total. The lowest BCUT2D eigenvalue weighted by Crippen LogP contribution is -2.13. The van der Waals surface area contributed by atoms with Gasteiger partial charge in [0.05, 0.1) is 7.11 Å². The molecular weight excluding hydrogens is 316 g/mol. The van der Waals surface area contributed by atoms with E-state index < -0.39 is 0 Å². The highest BCUT2D eigenvalue weighted by Crippen LogP contribution is 2.30. The fraction of sp³-hybridized carbons (Fsp3) is 0.200. The molecule has 0 atom stereocenters. The van der Waals surface area contributed by atoms with E-state index in [1.807, 2.05) is 24.3 Å². The van der Waals surface area contributed by atoms with Crippen molar-refractivity contribution in [2.45, 2.75) is 12.8 Å².